The largest absolute Gasteiger partial charge is 0.484 e. The van der Waals surface area contributed by atoms with Crippen LogP contribution >= 0.6 is 15.9 Å². The van der Waals surface area contributed by atoms with Gasteiger partial charge < -0.3 is 4.74 Å². The van der Waals surface area contributed by atoms with Crippen LogP contribution in [-0.2, 0) is 20.1 Å². The molecular weight excluding hydrogens is 299 g/mol. The summed E-state index contributed by atoms with van der Waals surface area (Å²) in [5, 5.41) is 4.36. The molecule has 0 N–H and O–H groups in total. The molecule has 0 radical (unpaired) electrons. The van der Waals surface area contributed by atoms with Gasteiger partial charge in [0.2, 0.25) is 0 Å². The van der Waals surface area contributed by atoms with Crippen LogP contribution in [0, 0.1) is 5.82 Å². The third kappa shape index (κ3) is 2.56. The highest BCUT2D eigenvalue weighted by Crippen LogP contribution is 2.24. The standard InChI is InChI=1S/C13H14BrFN2O/c1-3-10-13(14)11(17(2)16-10)8-18-12-7-5-4-6-9(12)15/h4-7H,3,8H2,1-2H3. The molecule has 1 heterocycles. The van der Waals surface area contributed by atoms with E-state index in [1.54, 1.807) is 22.9 Å². The van der Waals surface area contributed by atoms with Gasteiger partial charge in [0.15, 0.2) is 11.6 Å². The number of aromatic nitrogens is 2. The van der Waals surface area contributed by atoms with Crippen molar-refractivity contribution in [2.45, 2.75) is 20.0 Å². The van der Waals surface area contributed by atoms with Crippen molar-refractivity contribution in [2.24, 2.45) is 7.05 Å². The van der Waals surface area contributed by atoms with E-state index in [-0.39, 0.29) is 18.2 Å². The summed E-state index contributed by atoms with van der Waals surface area (Å²) < 4.78 is 21.6. The van der Waals surface area contributed by atoms with Gasteiger partial charge in [0.05, 0.1) is 15.9 Å². The minimum Gasteiger partial charge on any atom is -0.484 e. The van der Waals surface area contributed by atoms with Gasteiger partial charge in [-0.25, -0.2) is 4.39 Å². The predicted molar refractivity (Wildman–Crippen MR) is 71.0 cm³/mol. The molecule has 0 aliphatic heterocycles. The summed E-state index contributed by atoms with van der Waals surface area (Å²) >= 11 is 3.50. The average Bonchev–Trinajstić information content (AvgIpc) is 2.64. The van der Waals surface area contributed by atoms with Gasteiger partial charge in [-0.3, -0.25) is 4.68 Å². The number of para-hydroxylation sites is 1. The highest BCUT2D eigenvalue weighted by molar-refractivity contribution is 9.10. The van der Waals surface area contributed by atoms with Crippen LogP contribution in [0.15, 0.2) is 28.7 Å². The van der Waals surface area contributed by atoms with Crippen LogP contribution in [0.4, 0.5) is 4.39 Å². The summed E-state index contributed by atoms with van der Waals surface area (Å²) in [5.41, 5.74) is 1.87. The number of rotatable bonds is 4. The topological polar surface area (TPSA) is 27.1 Å². The first kappa shape index (κ1) is 13.1. The van der Waals surface area contributed by atoms with E-state index < -0.39 is 0 Å². The van der Waals surface area contributed by atoms with Crippen LogP contribution in [-0.4, -0.2) is 9.78 Å². The van der Waals surface area contributed by atoms with Crippen LogP contribution in [0.2, 0.25) is 0 Å². The first-order valence-corrected chi connectivity index (χ1v) is 6.50. The van der Waals surface area contributed by atoms with Gasteiger partial charge in [0, 0.05) is 7.05 Å². The van der Waals surface area contributed by atoms with Crippen LogP contribution in [0.1, 0.15) is 18.3 Å². The first-order valence-electron chi connectivity index (χ1n) is 5.71. The number of aryl methyl sites for hydroxylation is 2. The molecule has 0 aliphatic carbocycles. The van der Waals surface area contributed by atoms with Gasteiger partial charge in [-0.2, -0.15) is 5.10 Å². The summed E-state index contributed by atoms with van der Waals surface area (Å²) in [4.78, 5) is 0. The maximum Gasteiger partial charge on any atom is 0.165 e. The van der Waals surface area contributed by atoms with Crippen molar-refractivity contribution in [3.05, 3.63) is 45.9 Å². The zero-order valence-corrected chi connectivity index (χ0v) is 11.9. The molecular formula is C13H14BrFN2O. The fourth-order valence-electron chi connectivity index (χ4n) is 1.68. The quantitative estimate of drug-likeness (QED) is 0.864. The summed E-state index contributed by atoms with van der Waals surface area (Å²) in [7, 11) is 1.85. The van der Waals surface area contributed by atoms with Gasteiger partial charge in [0.1, 0.15) is 6.61 Å². The minimum absolute atomic E-state index is 0.253. The lowest BCUT2D eigenvalue weighted by molar-refractivity contribution is 0.279. The van der Waals surface area contributed by atoms with Crippen molar-refractivity contribution in [3.63, 3.8) is 0 Å². The van der Waals surface area contributed by atoms with E-state index in [0.717, 1.165) is 22.3 Å². The van der Waals surface area contributed by atoms with Gasteiger partial charge >= 0.3 is 0 Å². The van der Waals surface area contributed by atoms with E-state index in [2.05, 4.69) is 21.0 Å². The predicted octanol–water partition coefficient (Wildman–Crippen LogP) is 3.46. The van der Waals surface area contributed by atoms with E-state index in [9.17, 15) is 4.39 Å². The van der Waals surface area contributed by atoms with Gasteiger partial charge in [-0.05, 0) is 34.5 Å². The normalized spacial score (nSPS) is 10.7. The molecule has 18 heavy (non-hydrogen) atoms. The molecule has 1 aromatic heterocycles. The molecule has 0 saturated heterocycles. The molecule has 0 unspecified atom stereocenters. The summed E-state index contributed by atoms with van der Waals surface area (Å²) in [6, 6.07) is 6.37. The highest BCUT2D eigenvalue weighted by Gasteiger charge is 2.13. The van der Waals surface area contributed by atoms with Gasteiger partial charge in [-0.1, -0.05) is 19.1 Å². The second-order valence-corrected chi connectivity index (χ2v) is 4.70. The lowest BCUT2D eigenvalue weighted by atomic mass is 10.3. The average molecular weight is 313 g/mol. The lowest BCUT2D eigenvalue weighted by Crippen LogP contribution is -2.04. The van der Waals surface area contributed by atoms with E-state index >= 15 is 0 Å². The number of benzene rings is 1. The molecule has 3 nitrogen and oxygen atoms in total. The Morgan fingerprint density at radius 1 is 1.39 bits per heavy atom. The molecule has 0 amide bonds. The molecule has 2 aromatic rings. The Morgan fingerprint density at radius 2 is 2.11 bits per heavy atom. The maximum atomic E-state index is 13.4. The Labute approximate surface area is 114 Å². The number of halogens is 2. The molecule has 5 heteroatoms. The van der Waals surface area contributed by atoms with Gasteiger partial charge in [0.25, 0.3) is 0 Å². The van der Waals surface area contributed by atoms with Gasteiger partial charge in [-0.15, -0.1) is 0 Å². The van der Waals surface area contributed by atoms with E-state index in [1.165, 1.54) is 6.07 Å². The van der Waals surface area contributed by atoms with Crippen LogP contribution in [0.3, 0.4) is 0 Å². The van der Waals surface area contributed by atoms with Crippen LogP contribution in [0.25, 0.3) is 0 Å². The molecule has 2 rings (SSSR count). The second kappa shape index (κ2) is 5.52. The van der Waals surface area contributed by atoms with Crippen molar-refractivity contribution in [3.8, 4) is 5.75 Å². The summed E-state index contributed by atoms with van der Waals surface area (Å²) in [6.07, 6.45) is 0.841. The molecule has 0 fully saturated rings. The van der Waals surface area contributed by atoms with Crippen molar-refractivity contribution in [2.75, 3.05) is 0 Å². The van der Waals surface area contributed by atoms with Crippen LogP contribution < -0.4 is 4.74 Å². The number of hydrogen-bond donors (Lipinski definition) is 0. The Bertz CT molecular complexity index is 554. The number of nitrogens with zero attached hydrogens (tertiary/aromatic N) is 2. The monoisotopic (exact) mass is 312 g/mol. The smallest absolute Gasteiger partial charge is 0.165 e. The van der Waals surface area contributed by atoms with E-state index in [1.807, 2.05) is 14.0 Å². The van der Waals surface area contributed by atoms with Crippen molar-refractivity contribution >= 4 is 15.9 Å². The molecule has 0 bridgehead atoms. The Kier molecular flexibility index (Phi) is 4.01. The Morgan fingerprint density at radius 3 is 2.72 bits per heavy atom. The highest BCUT2D eigenvalue weighted by atomic mass is 79.9. The molecule has 0 saturated carbocycles. The van der Waals surface area contributed by atoms with E-state index in [4.69, 9.17) is 4.74 Å². The van der Waals surface area contributed by atoms with E-state index in [0.29, 0.717) is 0 Å². The van der Waals surface area contributed by atoms with Crippen molar-refractivity contribution < 1.29 is 9.13 Å². The molecule has 0 aliphatic rings. The minimum atomic E-state index is -0.355. The van der Waals surface area contributed by atoms with Crippen molar-refractivity contribution in [1.29, 1.82) is 0 Å². The second-order valence-electron chi connectivity index (χ2n) is 3.90. The summed E-state index contributed by atoms with van der Waals surface area (Å²) in [5.74, 6) is -0.102. The molecule has 0 spiro atoms. The lowest BCUT2D eigenvalue weighted by Gasteiger charge is -2.07. The Hall–Kier alpha value is -1.36. The van der Waals surface area contributed by atoms with Crippen molar-refractivity contribution in [1.82, 2.24) is 9.78 Å². The summed E-state index contributed by atoms with van der Waals surface area (Å²) in [6.45, 7) is 2.32. The SMILES string of the molecule is CCc1nn(C)c(COc2ccccc2F)c1Br. The fraction of sp³-hybridized carbons (Fsp3) is 0.308. The first-order chi connectivity index (χ1) is 8.63. The third-order valence-electron chi connectivity index (χ3n) is 2.70. The Balaban J connectivity index is 2.16. The number of hydrogen-bond acceptors (Lipinski definition) is 2. The number of ether oxygens (including phenoxy) is 1. The molecule has 96 valence electrons. The molecule has 1 aromatic carbocycles. The fourth-order valence-corrected chi connectivity index (χ4v) is 2.42. The molecule has 0 atom stereocenters. The zero-order chi connectivity index (χ0) is 13.1. The van der Waals surface area contributed by atoms with Crippen LogP contribution in [0.5, 0.6) is 5.75 Å². The third-order valence-corrected chi connectivity index (χ3v) is 3.62. The zero-order valence-electron chi connectivity index (χ0n) is 10.3. The maximum absolute atomic E-state index is 13.4.